The molecule has 40 valence electrons. The SMILES string of the molecule is BrC1CCC=CO1. The minimum atomic E-state index is 0.262. The predicted molar refractivity (Wildman–Crippen MR) is 32.2 cm³/mol. The van der Waals surface area contributed by atoms with Gasteiger partial charge in [-0.1, -0.05) is 0 Å². The maximum atomic E-state index is 5.01. The summed E-state index contributed by atoms with van der Waals surface area (Å²) in [5.41, 5.74) is 0. The van der Waals surface area contributed by atoms with Crippen molar-refractivity contribution in [2.75, 3.05) is 0 Å². The van der Waals surface area contributed by atoms with Gasteiger partial charge in [0, 0.05) is 0 Å². The summed E-state index contributed by atoms with van der Waals surface area (Å²) in [5.74, 6) is 0. The summed E-state index contributed by atoms with van der Waals surface area (Å²) in [4.78, 5) is 0. The molecule has 0 saturated carbocycles. The van der Waals surface area contributed by atoms with E-state index in [1.807, 2.05) is 6.08 Å². The average Bonchev–Trinajstić information content (AvgIpc) is 1.69. The van der Waals surface area contributed by atoms with E-state index in [9.17, 15) is 0 Å². The molecule has 0 spiro atoms. The Morgan fingerprint density at radius 2 is 2.57 bits per heavy atom. The normalized spacial score (nSPS) is 29.6. The smallest absolute Gasteiger partial charge is 0.152 e. The fourth-order valence-electron chi connectivity index (χ4n) is 0.504. The van der Waals surface area contributed by atoms with Crippen molar-refractivity contribution < 1.29 is 4.74 Å². The number of hydrogen-bond acceptors (Lipinski definition) is 1. The molecule has 0 radical (unpaired) electrons. The lowest BCUT2D eigenvalue weighted by Gasteiger charge is -2.10. The Kier molecular flexibility index (Phi) is 1.74. The Balaban J connectivity index is 2.32. The van der Waals surface area contributed by atoms with Gasteiger partial charge in [0.2, 0.25) is 0 Å². The molecule has 0 aromatic heterocycles. The molecule has 1 heterocycles. The standard InChI is InChI=1S/C5H7BrO/c6-5-3-1-2-4-7-5/h2,4-5H,1,3H2. The van der Waals surface area contributed by atoms with E-state index >= 15 is 0 Å². The largest absolute Gasteiger partial charge is 0.487 e. The topological polar surface area (TPSA) is 9.23 Å². The number of allylic oxidation sites excluding steroid dienone is 1. The first-order valence-corrected chi connectivity index (χ1v) is 3.26. The van der Waals surface area contributed by atoms with Crippen molar-refractivity contribution in [1.29, 1.82) is 0 Å². The summed E-state index contributed by atoms with van der Waals surface area (Å²) in [6, 6.07) is 0. The van der Waals surface area contributed by atoms with Crippen molar-refractivity contribution in [2.24, 2.45) is 0 Å². The van der Waals surface area contributed by atoms with Gasteiger partial charge in [-0.3, -0.25) is 0 Å². The summed E-state index contributed by atoms with van der Waals surface area (Å²) >= 11 is 3.31. The van der Waals surface area contributed by atoms with Crippen LogP contribution in [0, 0.1) is 0 Å². The highest BCUT2D eigenvalue weighted by Crippen LogP contribution is 2.14. The zero-order valence-electron chi connectivity index (χ0n) is 3.93. The Bertz CT molecular complexity index is 80.1. The highest BCUT2D eigenvalue weighted by Gasteiger charge is 2.02. The highest BCUT2D eigenvalue weighted by molar-refractivity contribution is 9.09. The van der Waals surface area contributed by atoms with E-state index in [0.29, 0.717) is 0 Å². The zero-order valence-corrected chi connectivity index (χ0v) is 5.52. The molecule has 0 aliphatic carbocycles. The average molecular weight is 163 g/mol. The van der Waals surface area contributed by atoms with Crippen LogP contribution >= 0.6 is 15.9 Å². The van der Waals surface area contributed by atoms with Gasteiger partial charge in [-0.25, -0.2) is 0 Å². The van der Waals surface area contributed by atoms with Crippen molar-refractivity contribution in [2.45, 2.75) is 17.9 Å². The number of halogens is 1. The van der Waals surface area contributed by atoms with Gasteiger partial charge in [0.05, 0.1) is 6.26 Å². The van der Waals surface area contributed by atoms with Gasteiger partial charge in [-0.05, 0) is 34.8 Å². The van der Waals surface area contributed by atoms with Crippen molar-refractivity contribution in [1.82, 2.24) is 0 Å². The first kappa shape index (κ1) is 5.16. The molecule has 1 aliphatic rings. The zero-order chi connectivity index (χ0) is 5.11. The lowest BCUT2D eigenvalue weighted by molar-refractivity contribution is 0.206. The van der Waals surface area contributed by atoms with Crippen LogP contribution in [0.2, 0.25) is 0 Å². The second-order valence-electron chi connectivity index (χ2n) is 1.50. The van der Waals surface area contributed by atoms with Crippen molar-refractivity contribution >= 4 is 15.9 Å². The summed E-state index contributed by atoms with van der Waals surface area (Å²) < 4.78 is 5.01. The van der Waals surface area contributed by atoms with E-state index in [-0.39, 0.29) is 5.01 Å². The van der Waals surface area contributed by atoms with Gasteiger partial charge in [-0.2, -0.15) is 0 Å². The summed E-state index contributed by atoms with van der Waals surface area (Å²) in [6.07, 6.45) is 5.99. The third-order valence-corrected chi connectivity index (χ3v) is 1.56. The van der Waals surface area contributed by atoms with E-state index in [1.165, 1.54) is 0 Å². The molecule has 0 fully saturated rings. The van der Waals surface area contributed by atoms with Gasteiger partial charge >= 0.3 is 0 Å². The number of rotatable bonds is 0. The number of ether oxygens (including phenoxy) is 1. The Morgan fingerprint density at radius 3 is 2.86 bits per heavy atom. The first-order chi connectivity index (χ1) is 3.39. The van der Waals surface area contributed by atoms with Gasteiger partial charge in [-0.15, -0.1) is 0 Å². The van der Waals surface area contributed by atoms with E-state index in [0.717, 1.165) is 12.8 Å². The molecule has 1 unspecified atom stereocenters. The van der Waals surface area contributed by atoms with Crippen LogP contribution in [0.15, 0.2) is 12.3 Å². The summed E-state index contributed by atoms with van der Waals surface area (Å²) in [6.45, 7) is 0. The third kappa shape index (κ3) is 1.51. The minimum Gasteiger partial charge on any atom is -0.487 e. The highest BCUT2D eigenvalue weighted by atomic mass is 79.9. The minimum absolute atomic E-state index is 0.262. The molecule has 1 rings (SSSR count). The molecule has 0 aromatic rings. The van der Waals surface area contributed by atoms with Crippen molar-refractivity contribution in [3.05, 3.63) is 12.3 Å². The molecule has 0 bridgehead atoms. The van der Waals surface area contributed by atoms with Crippen LogP contribution in [0.1, 0.15) is 12.8 Å². The maximum Gasteiger partial charge on any atom is 0.152 e. The molecule has 7 heavy (non-hydrogen) atoms. The van der Waals surface area contributed by atoms with Gasteiger partial charge in [0.1, 0.15) is 0 Å². The number of hydrogen-bond donors (Lipinski definition) is 0. The van der Waals surface area contributed by atoms with E-state index in [1.54, 1.807) is 6.26 Å². The molecule has 0 saturated heterocycles. The molecular formula is C5H7BrO. The fourth-order valence-corrected chi connectivity index (χ4v) is 0.893. The van der Waals surface area contributed by atoms with Gasteiger partial charge in [0.15, 0.2) is 5.01 Å². The van der Waals surface area contributed by atoms with E-state index < -0.39 is 0 Å². The lowest BCUT2D eigenvalue weighted by atomic mass is 10.3. The molecule has 0 aromatic carbocycles. The summed E-state index contributed by atoms with van der Waals surface area (Å²) in [5, 5.41) is 0.262. The second kappa shape index (κ2) is 2.36. The van der Waals surface area contributed by atoms with Crippen LogP contribution in [-0.4, -0.2) is 5.01 Å². The monoisotopic (exact) mass is 162 g/mol. The third-order valence-electron chi connectivity index (χ3n) is 0.883. The molecule has 1 nitrogen and oxygen atoms in total. The molecule has 0 N–H and O–H groups in total. The van der Waals surface area contributed by atoms with Crippen molar-refractivity contribution in [3.63, 3.8) is 0 Å². The van der Waals surface area contributed by atoms with Gasteiger partial charge in [0.25, 0.3) is 0 Å². The lowest BCUT2D eigenvalue weighted by Crippen LogP contribution is -2.01. The summed E-state index contributed by atoms with van der Waals surface area (Å²) in [7, 11) is 0. The number of alkyl halides is 1. The Labute approximate surface area is 51.5 Å². The van der Waals surface area contributed by atoms with Crippen LogP contribution in [-0.2, 0) is 4.74 Å². The Morgan fingerprint density at radius 1 is 1.71 bits per heavy atom. The van der Waals surface area contributed by atoms with Gasteiger partial charge < -0.3 is 4.74 Å². The fraction of sp³-hybridized carbons (Fsp3) is 0.600. The molecule has 1 atom stereocenters. The van der Waals surface area contributed by atoms with Crippen LogP contribution in [0.3, 0.4) is 0 Å². The molecule has 0 amide bonds. The second-order valence-corrected chi connectivity index (χ2v) is 2.52. The molecule has 1 aliphatic heterocycles. The van der Waals surface area contributed by atoms with Crippen LogP contribution in [0.4, 0.5) is 0 Å². The molecule has 2 heteroatoms. The van der Waals surface area contributed by atoms with Crippen LogP contribution in [0.25, 0.3) is 0 Å². The van der Waals surface area contributed by atoms with E-state index in [4.69, 9.17) is 4.74 Å². The quantitative estimate of drug-likeness (QED) is 0.496. The van der Waals surface area contributed by atoms with E-state index in [2.05, 4.69) is 15.9 Å². The van der Waals surface area contributed by atoms with Crippen molar-refractivity contribution in [3.8, 4) is 0 Å². The predicted octanol–water partition coefficient (Wildman–Crippen LogP) is 2.03. The Hall–Kier alpha value is 0.0200. The molecular weight excluding hydrogens is 156 g/mol. The maximum absolute atomic E-state index is 5.01. The first-order valence-electron chi connectivity index (χ1n) is 2.34. The van der Waals surface area contributed by atoms with Crippen LogP contribution < -0.4 is 0 Å². The van der Waals surface area contributed by atoms with Crippen LogP contribution in [0.5, 0.6) is 0 Å².